The van der Waals surface area contributed by atoms with E-state index >= 15 is 0 Å². The van der Waals surface area contributed by atoms with Gasteiger partial charge in [-0.15, -0.1) is 0 Å². The number of phosphoric ester groups is 1. The quantitative estimate of drug-likeness (QED) is 0.0269. The van der Waals surface area contributed by atoms with Gasteiger partial charge in [-0.05, 0) is 51.4 Å². The Morgan fingerprint density at radius 3 is 1.28 bits per heavy atom. The molecular weight excluding hydrogens is 782 g/mol. The van der Waals surface area contributed by atoms with Crippen molar-refractivity contribution in [3.63, 3.8) is 0 Å². The predicted molar refractivity (Wildman–Crippen MR) is 261 cm³/mol. The highest BCUT2D eigenvalue weighted by molar-refractivity contribution is 7.47. The lowest BCUT2D eigenvalue weighted by Gasteiger charge is -2.20. The van der Waals surface area contributed by atoms with Gasteiger partial charge in [0.05, 0.1) is 19.8 Å². The van der Waals surface area contributed by atoms with Crippen molar-refractivity contribution < 1.29 is 32.8 Å². The Kier molecular flexibility index (Phi) is 47.3. The minimum absolute atomic E-state index is 0.0852. The van der Waals surface area contributed by atoms with Crippen LogP contribution in [-0.2, 0) is 27.9 Å². The van der Waals surface area contributed by atoms with Gasteiger partial charge in [-0.1, -0.05) is 228 Å². The molecule has 0 aromatic carbocycles. The Labute approximate surface area is 376 Å². The minimum atomic E-state index is -4.30. The van der Waals surface area contributed by atoms with Crippen molar-refractivity contribution in [3.8, 4) is 0 Å². The zero-order chi connectivity index (χ0) is 44.4. The lowest BCUT2D eigenvalue weighted by molar-refractivity contribution is -0.154. The predicted octanol–water partition coefficient (Wildman–Crippen LogP) is 15.5. The summed E-state index contributed by atoms with van der Waals surface area (Å²) < 4.78 is 33.5. The first-order valence-corrected chi connectivity index (χ1v) is 26.4. The van der Waals surface area contributed by atoms with Gasteiger partial charge in [0.1, 0.15) is 6.10 Å². The molecule has 2 atom stereocenters. The average Bonchev–Trinajstić information content (AvgIpc) is 3.25. The molecule has 61 heavy (non-hydrogen) atoms. The molecule has 0 aliphatic carbocycles. The number of phosphoric acid groups is 1. The van der Waals surface area contributed by atoms with E-state index in [9.17, 15) is 14.3 Å². The fourth-order valence-electron chi connectivity index (χ4n) is 6.79. The summed E-state index contributed by atoms with van der Waals surface area (Å²) in [5.74, 6) is -0.410. The molecule has 0 aliphatic rings. The lowest BCUT2D eigenvalue weighted by Crippen LogP contribution is -2.28. The topological polar surface area (TPSA) is 117 Å². The van der Waals surface area contributed by atoms with E-state index in [1.165, 1.54) is 135 Å². The van der Waals surface area contributed by atoms with Crippen LogP contribution in [0, 0.1) is 0 Å². The van der Waals surface area contributed by atoms with Gasteiger partial charge >= 0.3 is 13.8 Å². The van der Waals surface area contributed by atoms with E-state index in [1.54, 1.807) is 0 Å². The largest absolute Gasteiger partial charge is 0.472 e. The second kappa shape index (κ2) is 49.0. The average molecular weight is 876 g/mol. The summed E-state index contributed by atoms with van der Waals surface area (Å²) in [5, 5.41) is 0. The van der Waals surface area contributed by atoms with Crippen molar-refractivity contribution in [2.24, 2.45) is 5.73 Å². The first-order valence-electron chi connectivity index (χ1n) is 24.9. The third-order valence-corrected chi connectivity index (χ3v) is 11.4. The first-order chi connectivity index (χ1) is 29.9. The van der Waals surface area contributed by atoms with Gasteiger partial charge in [0, 0.05) is 19.6 Å². The smallest absolute Gasteiger partial charge is 0.457 e. The molecule has 2 unspecified atom stereocenters. The molecule has 0 heterocycles. The number of allylic oxidation sites excluding steroid dienone is 12. The number of hydrogen-bond acceptors (Lipinski definition) is 7. The van der Waals surface area contributed by atoms with Gasteiger partial charge in [-0.3, -0.25) is 13.8 Å². The van der Waals surface area contributed by atoms with Crippen LogP contribution in [0.15, 0.2) is 72.9 Å². The van der Waals surface area contributed by atoms with Gasteiger partial charge in [-0.2, -0.15) is 0 Å². The van der Waals surface area contributed by atoms with E-state index in [0.29, 0.717) is 13.0 Å². The van der Waals surface area contributed by atoms with Crippen molar-refractivity contribution in [2.75, 3.05) is 33.0 Å². The normalized spacial score (nSPS) is 14.0. The summed E-state index contributed by atoms with van der Waals surface area (Å²) >= 11 is 0. The molecule has 0 rings (SSSR count). The van der Waals surface area contributed by atoms with Crippen LogP contribution in [0.2, 0.25) is 0 Å². The molecule has 9 heteroatoms. The molecule has 0 amide bonds. The van der Waals surface area contributed by atoms with Crippen molar-refractivity contribution in [2.45, 2.75) is 219 Å². The molecule has 8 nitrogen and oxygen atoms in total. The summed E-state index contributed by atoms with van der Waals surface area (Å²) in [6, 6.07) is 0. The van der Waals surface area contributed by atoms with Crippen LogP contribution < -0.4 is 5.73 Å². The summed E-state index contributed by atoms with van der Waals surface area (Å²) in [6.07, 6.45) is 62.4. The molecule has 0 saturated heterocycles. The van der Waals surface area contributed by atoms with Gasteiger partial charge in [0.2, 0.25) is 0 Å². The molecule has 354 valence electrons. The number of rotatable bonds is 47. The maximum absolute atomic E-state index is 12.6. The summed E-state index contributed by atoms with van der Waals surface area (Å²) in [6.45, 7) is 4.73. The lowest BCUT2D eigenvalue weighted by atomic mass is 10.0. The number of hydrogen-bond donors (Lipinski definition) is 2. The standard InChI is InChI=1S/C52H94NO7P/c1-3-5-7-9-11-13-15-17-19-21-23-24-25-26-28-30-32-34-36-38-40-42-44-47-57-49-51(50-59-61(55,56)58-48-46-53)60-52(54)45-43-41-39-37-35-33-31-29-27-22-20-18-16-14-12-10-8-6-4-2/h6,8,12,14,18,20,27,29,33,35,39,41,51H,3-5,7,9-11,13,15-17,19,21-26,28,30-32,34,36-38,40,42-50,53H2,1-2H3,(H,55,56)/b8-6-,14-12-,20-18-,29-27-,35-33-,41-39-. The molecule has 0 aromatic heterocycles. The van der Waals surface area contributed by atoms with E-state index in [1.807, 2.05) is 12.2 Å². The van der Waals surface area contributed by atoms with E-state index in [4.69, 9.17) is 24.3 Å². The maximum Gasteiger partial charge on any atom is 0.472 e. The second-order valence-electron chi connectivity index (χ2n) is 16.3. The SMILES string of the molecule is CC/C=C\C/C=C\C/C=C\C/C=C\C/C=C\C/C=C\CCC(=O)OC(COCCCCCCCCCCCCCCCCCCCCCCCCC)COP(=O)(O)OCCN. The molecule has 0 saturated carbocycles. The molecule has 0 aliphatic heterocycles. The third-order valence-electron chi connectivity index (χ3n) is 10.4. The maximum atomic E-state index is 12.6. The van der Waals surface area contributed by atoms with Crippen LogP contribution in [-0.4, -0.2) is 49.9 Å². The van der Waals surface area contributed by atoms with E-state index < -0.39 is 19.9 Å². The van der Waals surface area contributed by atoms with Gasteiger partial charge in [0.25, 0.3) is 0 Å². The molecule has 0 bridgehead atoms. The number of ether oxygens (including phenoxy) is 2. The van der Waals surface area contributed by atoms with E-state index in [0.717, 1.165) is 51.4 Å². The van der Waals surface area contributed by atoms with Crippen molar-refractivity contribution in [1.82, 2.24) is 0 Å². The zero-order valence-electron chi connectivity index (χ0n) is 39.4. The van der Waals surface area contributed by atoms with Gasteiger partial charge in [0.15, 0.2) is 0 Å². The number of esters is 1. The third kappa shape index (κ3) is 48.8. The Balaban J connectivity index is 4.03. The summed E-state index contributed by atoms with van der Waals surface area (Å²) in [7, 11) is -4.30. The Morgan fingerprint density at radius 2 is 0.885 bits per heavy atom. The highest BCUT2D eigenvalue weighted by Gasteiger charge is 2.25. The van der Waals surface area contributed by atoms with E-state index in [2.05, 4.69) is 74.6 Å². The van der Waals surface area contributed by atoms with Crippen LogP contribution in [0.4, 0.5) is 0 Å². The van der Waals surface area contributed by atoms with Crippen LogP contribution in [0.25, 0.3) is 0 Å². The van der Waals surface area contributed by atoms with Crippen molar-refractivity contribution in [3.05, 3.63) is 72.9 Å². The van der Waals surface area contributed by atoms with Crippen molar-refractivity contribution in [1.29, 1.82) is 0 Å². The van der Waals surface area contributed by atoms with Gasteiger partial charge < -0.3 is 20.1 Å². The fraction of sp³-hybridized carbons (Fsp3) is 0.750. The van der Waals surface area contributed by atoms with Gasteiger partial charge in [-0.25, -0.2) is 4.57 Å². The summed E-state index contributed by atoms with van der Waals surface area (Å²) in [4.78, 5) is 22.5. The fourth-order valence-corrected chi connectivity index (χ4v) is 7.55. The second-order valence-corrected chi connectivity index (χ2v) is 17.8. The van der Waals surface area contributed by atoms with Crippen LogP contribution in [0.5, 0.6) is 0 Å². The Bertz CT molecular complexity index is 1160. The number of unbranched alkanes of at least 4 members (excludes halogenated alkanes) is 22. The molecule has 0 spiro atoms. The monoisotopic (exact) mass is 876 g/mol. The molecule has 0 fully saturated rings. The van der Waals surface area contributed by atoms with Crippen LogP contribution in [0.3, 0.4) is 0 Å². The molecule has 0 radical (unpaired) electrons. The molecule has 0 aromatic rings. The molecule has 3 N–H and O–H groups in total. The Hall–Kier alpha value is -2.06. The van der Waals surface area contributed by atoms with E-state index in [-0.39, 0.29) is 32.8 Å². The minimum Gasteiger partial charge on any atom is -0.457 e. The number of carbonyl (C=O) groups is 1. The van der Waals surface area contributed by atoms with Crippen LogP contribution >= 0.6 is 7.82 Å². The molecular formula is C52H94NO7P. The number of carbonyl (C=O) groups excluding carboxylic acids is 1. The number of nitrogens with two attached hydrogens (primary N) is 1. The highest BCUT2D eigenvalue weighted by atomic mass is 31.2. The highest BCUT2D eigenvalue weighted by Crippen LogP contribution is 2.43. The van der Waals surface area contributed by atoms with Crippen molar-refractivity contribution >= 4 is 13.8 Å². The first kappa shape index (κ1) is 58.9. The van der Waals surface area contributed by atoms with Crippen LogP contribution in [0.1, 0.15) is 213 Å². The Morgan fingerprint density at radius 1 is 0.508 bits per heavy atom. The summed E-state index contributed by atoms with van der Waals surface area (Å²) in [5.41, 5.74) is 5.38. The zero-order valence-corrected chi connectivity index (χ0v) is 40.3.